The molecule has 0 N–H and O–H groups in total. The van der Waals surface area contributed by atoms with E-state index in [1.165, 1.54) is 17.3 Å². The van der Waals surface area contributed by atoms with Gasteiger partial charge in [0.25, 0.3) is 0 Å². The zero-order valence-corrected chi connectivity index (χ0v) is 13.1. The van der Waals surface area contributed by atoms with Crippen LogP contribution < -0.4 is 0 Å². The van der Waals surface area contributed by atoms with E-state index in [1.54, 1.807) is 6.92 Å². The van der Waals surface area contributed by atoms with Crippen molar-refractivity contribution in [2.24, 2.45) is 0 Å². The summed E-state index contributed by atoms with van der Waals surface area (Å²) in [5.41, 5.74) is 3.64. The molecule has 0 atom stereocenters. The van der Waals surface area contributed by atoms with Crippen molar-refractivity contribution in [3.63, 3.8) is 0 Å². The van der Waals surface area contributed by atoms with E-state index >= 15 is 0 Å². The summed E-state index contributed by atoms with van der Waals surface area (Å²) in [6.45, 7) is 6.18. The van der Waals surface area contributed by atoms with Crippen molar-refractivity contribution in [2.45, 2.75) is 25.8 Å². The summed E-state index contributed by atoms with van der Waals surface area (Å²) in [4.78, 5) is 15.9. The lowest BCUT2D eigenvalue weighted by Crippen LogP contribution is -2.07. The molecule has 2 rings (SSSR count). The molecule has 0 amide bonds. The molecular weight excluding hydrogens is 284 g/mol. The van der Waals surface area contributed by atoms with Crippen molar-refractivity contribution in [2.75, 3.05) is 12.4 Å². The second-order valence-electron chi connectivity index (χ2n) is 4.68. The Balaban J connectivity index is 2.36. The molecule has 0 saturated heterocycles. The van der Waals surface area contributed by atoms with Gasteiger partial charge in [0.15, 0.2) is 0 Å². The summed E-state index contributed by atoms with van der Waals surface area (Å²) < 4.78 is 4.89. The highest BCUT2D eigenvalue weighted by Crippen LogP contribution is 2.26. The molecule has 0 radical (unpaired) electrons. The molecule has 4 nitrogen and oxygen atoms in total. The second-order valence-corrected chi connectivity index (χ2v) is 5.64. The van der Waals surface area contributed by atoms with Gasteiger partial charge in [0, 0.05) is 5.39 Å². The summed E-state index contributed by atoms with van der Waals surface area (Å²) in [6.07, 6.45) is 0. The van der Waals surface area contributed by atoms with Gasteiger partial charge in [0.05, 0.1) is 23.4 Å². The van der Waals surface area contributed by atoms with Gasteiger partial charge < -0.3 is 4.74 Å². The predicted molar refractivity (Wildman–Crippen MR) is 83.3 cm³/mol. The first kappa shape index (κ1) is 15.3. The first-order valence-corrected chi connectivity index (χ1v) is 7.64. The first-order valence-electron chi connectivity index (χ1n) is 6.65. The number of nitrogens with zero attached hydrogens (tertiary/aromatic N) is 2. The quantitative estimate of drug-likeness (QED) is 0.640. The van der Waals surface area contributed by atoms with Crippen LogP contribution >= 0.6 is 11.8 Å². The number of hydrogen-bond acceptors (Lipinski definition) is 5. The summed E-state index contributed by atoms with van der Waals surface area (Å²) in [5, 5.41) is 10.8. The van der Waals surface area contributed by atoms with Gasteiger partial charge >= 0.3 is 5.97 Å². The van der Waals surface area contributed by atoms with E-state index in [1.807, 2.05) is 32.0 Å². The number of thioether (sulfide) groups is 1. The number of carbonyl (C=O) groups is 1. The number of aryl methyl sites for hydroxylation is 2. The van der Waals surface area contributed by atoms with E-state index in [0.717, 1.165) is 16.5 Å². The number of fused-ring (bicyclic) bond motifs is 1. The maximum absolute atomic E-state index is 11.4. The normalized spacial score (nSPS) is 10.4. The minimum absolute atomic E-state index is 0.159. The molecule has 21 heavy (non-hydrogen) atoms. The standard InChI is InChI=1S/C16H16N2O2S/c1-4-20-15(19)9-21-16-13(8-17)7-12-5-10(2)11(3)6-14(12)18-16/h5-7H,4,9H2,1-3H3. The van der Waals surface area contributed by atoms with Crippen LogP contribution in [0.3, 0.4) is 0 Å². The van der Waals surface area contributed by atoms with Crippen LogP contribution in [0.25, 0.3) is 10.9 Å². The lowest BCUT2D eigenvalue weighted by atomic mass is 10.1. The molecule has 0 aliphatic heterocycles. The minimum Gasteiger partial charge on any atom is -0.465 e. The monoisotopic (exact) mass is 300 g/mol. The Morgan fingerprint density at radius 3 is 2.71 bits per heavy atom. The van der Waals surface area contributed by atoms with Gasteiger partial charge in [-0.15, -0.1) is 0 Å². The molecule has 108 valence electrons. The maximum Gasteiger partial charge on any atom is 0.316 e. The second kappa shape index (κ2) is 6.59. The smallest absolute Gasteiger partial charge is 0.316 e. The van der Waals surface area contributed by atoms with Crippen LogP contribution in [-0.4, -0.2) is 23.3 Å². The number of ether oxygens (including phenoxy) is 1. The lowest BCUT2D eigenvalue weighted by Gasteiger charge is -2.08. The maximum atomic E-state index is 11.4. The van der Waals surface area contributed by atoms with Crippen molar-refractivity contribution < 1.29 is 9.53 Å². The fraction of sp³-hybridized carbons (Fsp3) is 0.312. The van der Waals surface area contributed by atoms with Crippen LogP contribution in [-0.2, 0) is 9.53 Å². The molecule has 0 unspecified atom stereocenters. The van der Waals surface area contributed by atoms with Gasteiger partial charge in [-0.2, -0.15) is 5.26 Å². The molecular formula is C16H16N2O2S. The van der Waals surface area contributed by atoms with Crippen LogP contribution in [0.4, 0.5) is 0 Å². The largest absolute Gasteiger partial charge is 0.465 e. The number of nitriles is 1. The van der Waals surface area contributed by atoms with E-state index in [4.69, 9.17) is 4.74 Å². The van der Waals surface area contributed by atoms with E-state index in [-0.39, 0.29) is 11.7 Å². The highest BCUT2D eigenvalue weighted by molar-refractivity contribution is 7.99. The Bertz CT molecular complexity index is 735. The number of aromatic nitrogens is 1. The summed E-state index contributed by atoms with van der Waals surface area (Å²) >= 11 is 1.24. The average molecular weight is 300 g/mol. The van der Waals surface area contributed by atoms with Gasteiger partial charge in [-0.25, -0.2) is 4.98 Å². The van der Waals surface area contributed by atoms with Crippen LogP contribution in [0.15, 0.2) is 23.2 Å². The molecule has 1 aromatic carbocycles. The number of benzene rings is 1. The van der Waals surface area contributed by atoms with Crippen LogP contribution in [0.2, 0.25) is 0 Å². The molecule has 0 spiro atoms. The molecule has 1 aromatic heterocycles. The topological polar surface area (TPSA) is 63.0 Å². The zero-order valence-electron chi connectivity index (χ0n) is 12.3. The number of carbonyl (C=O) groups excluding carboxylic acids is 1. The zero-order chi connectivity index (χ0) is 15.4. The van der Waals surface area contributed by atoms with E-state index in [9.17, 15) is 10.1 Å². The number of esters is 1. The Morgan fingerprint density at radius 1 is 1.33 bits per heavy atom. The first-order chi connectivity index (χ1) is 10.0. The molecule has 2 aromatic rings. The van der Waals surface area contributed by atoms with Crippen molar-refractivity contribution in [1.29, 1.82) is 5.26 Å². The summed E-state index contributed by atoms with van der Waals surface area (Å²) in [6, 6.07) is 7.99. The SMILES string of the molecule is CCOC(=O)CSc1nc2cc(C)c(C)cc2cc1C#N. The van der Waals surface area contributed by atoms with E-state index in [0.29, 0.717) is 17.2 Å². The highest BCUT2D eigenvalue weighted by Gasteiger charge is 2.11. The van der Waals surface area contributed by atoms with Gasteiger partial charge in [-0.05, 0) is 50.1 Å². The van der Waals surface area contributed by atoms with Crippen LogP contribution in [0, 0.1) is 25.2 Å². The Hall–Kier alpha value is -2.06. The summed E-state index contributed by atoms with van der Waals surface area (Å²) in [5.74, 6) is -0.139. The summed E-state index contributed by atoms with van der Waals surface area (Å²) in [7, 11) is 0. The third-order valence-electron chi connectivity index (χ3n) is 3.15. The fourth-order valence-corrected chi connectivity index (χ4v) is 2.70. The molecule has 0 aliphatic rings. The van der Waals surface area contributed by atoms with E-state index < -0.39 is 0 Å². The van der Waals surface area contributed by atoms with Crippen molar-refractivity contribution in [3.05, 3.63) is 34.9 Å². The fourth-order valence-electron chi connectivity index (χ4n) is 1.94. The third-order valence-corrected chi connectivity index (χ3v) is 4.11. The average Bonchev–Trinajstić information content (AvgIpc) is 2.46. The van der Waals surface area contributed by atoms with Gasteiger partial charge in [-0.1, -0.05) is 11.8 Å². The molecule has 0 aliphatic carbocycles. The molecule has 0 bridgehead atoms. The number of hydrogen-bond donors (Lipinski definition) is 0. The molecule has 1 heterocycles. The Kier molecular flexibility index (Phi) is 4.81. The number of rotatable bonds is 4. The van der Waals surface area contributed by atoms with Crippen LogP contribution in [0.5, 0.6) is 0 Å². The van der Waals surface area contributed by atoms with Gasteiger partial charge in [-0.3, -0.25) is 4.79 Å². The van der Waals surface area contributed by atoms with Crippen LogP contribution in [0.1, 0.15) is 23.6 Å². The molecule has 0 fully saturated rings. The highest BCUT2D eigenvalue weighted by atomic mass is 32.2. The van der Waals surface area contributed by atoms with Crippen molar-refractivity contribution in [1.82, 2.24) is 4.98 Å². The number of pyridine rings is 1. The lowest BCUT2D eigenvalue weighted by molar-refractivity contribution is -0.139. The molecule has 0 saturated carbocycles. The van der Waals surface area contributed by atoms with Gasteiger partial charge in [0.1, 0.15) is 11.1 Å². The van der Waals surface area contributed by atoms with Crippen molar-refractivity contribution in [3.8, 4) is 6.07 Å². The van der Waals surface area contributed by atoms with Crippen molar-refractivity contribution >= 4 is 28.6 Å². The third kappa shape index (κ3) is 3.53. The Labute approximate surface area is 128 Å². The predicted octanol–water partition coefficient (Wildman–Crippen LogP) is 3.38. The molecule has 5 heteroatoms. The minimum atomic E-state index is -0.298. The van der Waals surface area contributed by atoms with E-state index in [2.05, 4.69) is 11.1 Å². The Morgan fingerprint density at radius 2 is 2.05 bits per heavy atom. The van der Waals surface area contributed by atoms with Gasteiger partial charge in [0.2, 0.25) is 0 Å².